The summed E-state index contributed by atoms with van der Waals surface area (Å²) >= 11 is 0. The highest BCUT2D eigenvalue weighted by molar-refractivity contribution is 5.71. The van der Waals surface area contributed by atoms with Gasteiger partial charge >= 0.3 is 5.97 Å². The van der Waals surface area contributed by atoms with Crippen molar-refractivity contribution < 1.29 is 9.90 Å². The average molecular weight is 270 g/mol. The highest BCUT2D eigenvalue weighted by Crippen LogP contribution is 2.28. The van der Waals surface area contributed by atoms with E-state index in [0.29, 0.717) is 0 Å². The number of hydrogen-bond donors (Lipinski definition) is 2. The van der Waals surface area contributed by atoms with Crippen LogP contribution in [0.25, 0.3) is 11.1 Å². The van der Waals surface area contributed by atoms with E-state index in [2.05, 4.69) is 4.98 Å². The molecular weight excluding hydrogens is 252 g/mol. The van der Waals surface area contributed by atoms with Crippen LogP contribution in [0.3, 0.4) is 0 Å². The molecule has 4 nitrogen and oxygen atoms in total. The molecule has 1 aromatic heterocycles. The van der Waals surface area contributed by atoms with Gasteiger partial charge in [-0.1, -0.05) is 18.2 Å². The highest BCUT2D eigenvalue weighted by Gasteiger charge is 2.13. The van der Waals surface area contributed by atoms with Crippen molar-refractivity contribution in [3.05, 3.63) is 53.3 Å². The molecule has 104 valence electrons. The average Bonchev–Trinajstić information content (AvgIpc) is 2.38. The number of carboxylic acids is 1. The summed E-state index contributed by atoms with van der Waals surface area (Å²) in [6, 6.07) is 7.50. The van der Waals surface area contributed by atoms with Crippen LogP contribution in [0.2, 0.25) is 0 Å². The molecule has 1 atom stereocenters. The molecule has 0 aliphatic rings. The predicted octanol–water partition coefficient (Wildman–Crippen LogP) is 2.84. The van der Waals surface area contributed by atoms with Gasteiger partial charge in [-0.2, -0.15) is 0 Å². The van der Waals surface area contributed by atoms with E-state index < -0.39 is 12.0 Å². The minimum atomic E-state index is -0.907. The molecule has 0 saturated carbocycles. The van der Waals surface area contributed by atoms with Crippen molar-refractivity contribution in [3.8, 4) is 11.1 Å². The lowest BCUT2D eigenvalue weighted by Crippen LogP contribution is -2.15. The number of nitrogens with two attached hydrogens (primary N) is 1. The second-order valence-electron chi connectivity index (χ2n) is 4.98. The molecule has 4 heteroatoms. The van der Waals surface area contributed by atoms with Crippen LogP contribution in [0.4, 0.5) is 0 Å². The van der Waals surface area contributed by atoms with E-state index >= 15 is 0 Å². The van der Waals surface area contributed by atoms with Crippen molar-refractivity contribution in [1.29, 1.82) is 0 Å². The maximum Gasteiger partial charge on any atom is 0.305 e. The van der Waals surface area contributed by atoms with E-state index in [1.54, 1.807) is 12.4 Å². The number of benzene rings is 1. The summed E-state index contributed by atoms with van der Waals surface area (Å²) in [6.45, 7) is 4.10. The van der Waals surface area contributed by atoms with Crippen LogP contribution in [0.1, 0.15) is 29.2 Å². The van der Waals surface area contributed by atoms with E-state index in [9.17, 15) is 4.79 Å². The zero-order chi connectivity index (χ0) is 14.7. The van der Waals surface area contributed by atoms with Gasteiger partial charge in [-0.15, -0.1) is 0 Å². The molecule has 20 heavy (non-hydrogen) atoms. The Bertz CT molecular complexity index is 618. The highest BCUT2D eigenvalue weighted by atomic mass is 16.4. The summed E-state index contributed by atoms with van der Waals surface area (Å²) in [4.78, 5) is 14.9. The van der Waals surface area contributed by atoms with Gasteiger partial charge in [0, 0.05) is 24.0 Å². The summed E-state index contributed by atoms with van der Waals surface area (Å²) in [5.74, 6) is -0.907. The first kappa shape index (κ1) is 14.2. The Morgan fingerprint density at radius 1 is 1.30 bits per heavy atom. The van der Waals surface area contributed by atoms with Crippen LogP contribution in [-0.2, 0) is 4.79 Å². The number of pyridine rings is 1. The Morgan fingerprint density at radius 2 is 1.95 bits per heavy atom. The molecule has 2 rings (SSSR count). The number of nitrogens with zero attached hydrogens (tertiary/aromatic N) is 1. The van der Waals surface area contributed by atoms with Crippen LogP contribution in [-0.4, -0.2) is 16.1 Å². The van der Waals surface area contributed by atoms with Crippen molar-refractivity contribution in [3.63, 3.8) is 0 Å². The zero-order valence-corrected chi connectivity index (χ0v) is 11.6. The summed E-state index contributed by atoms with van der Waals surface area (Å²) in [7, 11) is 0. The Labute approximate surface area is 118 Å². The van der Waals surface area contributed by atoms with Gasteiger partial charge in [-0.25, -0.2) is 0 Å². The number of rotatable bonds is 4. The van der Waals surface area contributed by atoms with Gasteiger partial charge in [0.25, 0.3) is 0 Å². The Kier molecular flexibility index (Phi) is 4.15. The van der Waals surface area contributed by atoms with Crippen LogP contribution >= 0.6 is 0 Å². The molecule has 2 aromatic rings. The van der Waals surface area contributed by atoms with E-state index in [1.807, 2.05) is 38.1 Å². The zero-order valence-electron chi connectivity index (χ0n) is 11.6. The van der Waals surface area contributed by atoms with Crippen molar-refractivity contribution in [1.82, 2.24) is 4.98 Å². The molecule has 0 aliphatic heterocycles. The second kappa shape index (κ2) is 5.84. The second-order valence-corrected chi connectivity index (χ2v) is 4.98. The first-order valence-electron chi connectivity index (χ1n) is 6.48. The van der Waals surface area contributed by atoms with Crippen LogP contribution in [0.15, 0.2) is 36.7 Å². The third kappa shape index (κ3) is 3.03. The van der Waals surface area contributed by atoms with Crippen molar-refractivity contribution in [2.45, 2.75) is 26.3 Å². The third-order valence-corrected chi connectivity index (χ3v) is 3.35. The molecule has 1 unspecified atom stereocenters. The number of aryl methyl sites for hydroxylation is 2. The van der Waals surface area contributed by atoms with Crippen molar-refractivity contribution >= 4 is 5.97 Å². The maximum absolute atomic E-state index is 10.7. The fourth-order valence-electron chi connectivity index (χ4n) is 2.37. The molecule has 0 radical (unpaired) electrons. The summed E-state index contributed by atoms with van der Waals surface area (Å²) in [5, 5.41) is 8.82. The van der Waals surface area contributed by atoms with Gasteiger partial charge in [0.1, 0.15) is 0 Å². The number of carboxylic acid groups (broad SMARTS) is 1. The van der Waals surface area contributed by atoms with Crippen molar-refractivity contribution in [2.75, 3.05) is 0 Å². The molecule has 1 aromatic carbocycles. The number of hydrogen-bond acceptors (Lipinski definition) is 3. The van der Waals surface area contributed by atoms with E-state index in [1.165, 1.54) is 0 Å². The molecule has 3 N–H and O–H groups in total. The van der Waals surface area contributed by atoms with Gasteiger partial charge in [-0.3, -0.25) is 9.78 Å². The fourth-order valence-corrected chi connectivity index (χ4v) is 2.37. The van der Waals surface area contributed by atoms with Gasteiger partial charge in [0.05, 0.1) is 6.42 Å². The molecule has 0 aliphatic carbocycles. The molecular formula is C16H18N2O2. The third-order valence-electron chi connectivity index (χ3n) is 3.35. The smallest absolute Gasteiger partial charge is 0.305 e. The molecule has 1 heterocycles. The van der Waals surface area contributed by atoms with Crippen LogP contribution in [0.5, 0.6) is 0 Å². The summed E-state index contributed by atoms with van der Waals surface area (Å²) < 4.78 is 0. The Morgan fingerprint density at radius 3 is 2.55 bits per heavy atom. The first-order valence-corrected chi connectivity index (χ1v) is 6.48. The lowest BCUT2D eigenvalue weighted by Gasteiger charge is -2.13. The van der Waals surface area contributed by atoms with E-state index in [4.69, 9.17) is 10.8 Å². The maximum atomic E-state index is 10.7. The first-order chi connectivity index (χ1) is 9.49. The summed E-state index contributed by atoms with van der Waals surface area (Å²) in [5.41, 5.74) is 11.1. The van der Waals surface area contributed by atoms with Gasteiger partial charge in [0.2, 0.25) is 0 Å². The quantitative estimate of drug-likeness (QED) is 0.895. The fraction of sp³-hybridized carbons (Fsp3) is 0.250. The monoisotopic (exact) mass is 270 g/mol. The van der Waals surface area contributed by atoms with E-state index in [0.717, 1.165) is 27.8 Å². The predicted molar refractivity (Wildman–Crippen MR) is 78.3 cm³/mol. The minimum absolute atomic E-state index is 0.0993. The van der Waals surface area contributed by atoms with Crippen molar-refractivity contribution in [2.24, 2.45) is 5.73 Å². The van der Waals surface area contributed by atoms with Gasteiger partial charge in [-0.05, 0) is 42.2 Å². The molecule has 0 amide bonds. The SMILES string of the molecule is Cc1cccc(C)c1-c1cncc(C(N)CC(=O)O)c1. The lowest BCUT2D eigenvalue weighted by atomic mass is 9.95. The largest absolute Gasteiger partial charge is 0.481 e. The number of aliphatic carboxylic acids is 1. The molecule has 0 bridgehead atoms. The number of carbonyl (C=O) groups is 1. The van der Waals surface area contributed by atoms with Crippen LogP contribution < -0.4 is 5.73 Å². The normalized spacial score (nSPS) is 12.2. The van der Waals surface area contributed by atoms with Gasteiger partial charge in [0.15, 0.2) is 0 Å². The molecule has 0 saturated heterocycles. The minimum Gasteiger partial charge on any atom is -0.481 e. The van der Waals surface area contributed by atoms with Gasteiger partial charge < -0.3 is 10.8 Å². The standard InChI is InChI=1S/C16H18N2O2/c1-10-4-3-5-11(2)16(10)13-6-12(8-18-9-13)14(17)7-15(19)20/h3-6,8-9,14H,7,17H2,1-2H3,(H,19,20). The Balaban J connectivity index is 2.42. The summed E-state index contributed by atoms with van der Waals surface area (Å²) in [6.07, 6.45) is 3.31. The van der Waals surface area contributed by atoms with Crippen LogP contribution in [0, 0.1) is 13.8 Å². The lowest BCUT2D eigenvalue weighted by molar-refractivity contribution is -0.137. The topological polar surface area (TPSA) is 76.2 Å². The molecule has 0 fully saturated rings. The van der Waals surface area contributed by atoms with E-state index in [-0.39, 0.29) is 6.42 Å². The number of aromatic nitrogens is 1. The molecule has 0 spiro atoms. The Hall–Kier alpha value is -2.20.